The number of halogens is 1. The van der Waals surface area contributed by atoms with Crippen LogP contribution in [0, 0.1) is 12.7 Å². The van der Waals surface area contributed by atoms with Gasteiger partial charge in [-0.1, -0.05) is 0 Å². The highest BCUT2D eigenvalue weighted by molar-refractivity contribution is 5.90. The first-order valence-electron chi connectivity index (χ1n) is 8.07. The van der Waals surface area contributed by atoms with Gasteiger partial charge in [-0.05, 0) is 52.1 Å². The van der Waals surface area contributed by atoms with E-state index in [4.69, 9.17) is 0 Å². The van der Waals surface area contributed by atoms with Crippen LogP contribution in [0.2, 0.25) is 0 Å². The molecule has 3 rings (SSSR count). The van der Waals surface area contributed by atoms with E-state index in [1.54, 1.807) is 28.6 Å². The molecule has 1 aliphatic rings. The zero-order chi connectivity index (χ0) is 17.4. The minimum atomic E-state index is -0.312. The van der Waals surface area contributed by atoms with Crippen molar-refractivity contribution in [3.63, 3.8) is 0 Å². The molecule has 2 aromatic rings. The number of amides is 1. The van der Waals surface area contributed by atoms with Gasteiger partial charge in [-0.2, -0.15) is 0 Å². The summed E-state index contributed by atoms with van der Waals surface area (Å²) in [5, 5.41) is 4.33. The normalized spacial score (nSPS) is 22.0. The molecule has 0 bridgehead atoms. The minimum absolute atomic E-state index is 0.161. The molecule has 0 saturated carbocycles. The minimum Gasteiger partial charge on any atom is -0.333 e. The maximum absolute atomic E-state index is 13.1. The van der Waals surface area contributed by atoms with E-state index < -0.39 is 0 Å². The average Bonchev–Trinajstić information content (AvgIpc) is 2.94. The van der Waals surface area contributed by atoms with E-state index in [1.807, 2.05) is 0 Å². The Labute approximate surface area is 140 Å². The molecule has 0 radical (unpaired) electrons. The largest absolute Gasteiger partial charge is 0.333 e. The van der Waals surface area contributed by atoms with Crippen molar-refractivity contribution in [2.24, 2.45) is 0 Å². The van der Waals surface area contributed by atoms with Gasteiger partial charge in [-0.25, -0.2) is 14.1 Å². The second-order valence-electron chi connectivity index (χ2n) is 6.44. The zero-order valence-corrected chi connectivity index (χ0v) is 14.4. The molecule has 0 aliphatic carbocycles. The van der Waals surface area contributed by atoms with E-state index in [-0.39, 0.29) is 29.6 Å². The van der Waals surface area contributed by atoms with E-state index >= 15 is 0 Å². The maximum atomic E-state index is 13.1. The predicted molar refractivity (Wildman–Crippen MR) is 88.6 cm³/mol. The summed E-state index contributed by atoms with van der Waals surface area (Å²) in [4.78, 5) is 21.1. The smallest absolute Gasteiger partial charge is 0.293 e. The van der Waals surface area contributed by atoms with Crippen molar-refractivity contribution in [1.82, 2.24) is 24.6 Å². The maximum Gasteiger partial charge on any atom is 0.293 e. The molecule has 128 valence electrons. The van der Waals surface area contributed by atoms with E-state index in [1.165, 1.54) is 12.1 Å². The highest BCUT2D eigenvalue weighted by atomic mass is 19.1. The van der Waals surface area contributed by atoms with E-state index in [2.05, 4.69) is 35.9 Å². The second-order valence-corrected chi connectivity index (χ2v) is 6.44. The van der Waals surface area contributed by atoms with Gasteiger partial charge in [0.15, 0.2) is 0 Å². The van der Waals surface area contributed by atoms with Crippen LogP contribution in [0.15, 0.2) is 24.3 Å². The van der Waals surface area contributed by atoms with Crippen molar-refractivity contribution >= 4 is 5.91 Å². The van der Waals surface area contributed by atoms with Gasteiger partial charge in [0.2, 0.25) is 5.82 Å². The van der Waals surface area contributed by atoms with Gasteiger partial charge < -0.3 is 4.90 Å². The molecule has 24 heavy (non-hydrogen) atoms. The van der Waals surface area contributed by atoms with Crippen molar-refractivity contribution < 1.29 is 9.18 Å². The summed E-state index contributed by atoms with van der Waals surface area (Å²) in [5.41, 5.74) is 0.681. The Morgan fingerprint density at radius 3 is 2.33 bits per heavy atom. The summed E-state index contributed by atoms with van der Waals surface area (Å²) < 4.78 is 14.6. The summed E-state index contributed by atoms with van der Waals surface area (Å²) in [6.07, 6.45) is 0. The molecule has 1 fully saturated rings. The van der Waals surface area contributed by atoms with Gasteiger partial charge in [0, 0.05) is 25.2 Å². The number of rotatable bonds is 2. The van der Waals surface area contributed by atoms with Crippen molar-refractivity contribution in [1.29, 1.82) is 0 Å². The van der Waals surface area contributed by atoms with Gasteiger partial charge in [0.25, 0.3) is 5.91 Å². The lowest BCUT2D eigenvalue weighted by molar-refractivity contribution is 0.0404. The van der Waals surface area contributed by atoms with Crippen LogP contribution in [0.1, 0.15) is 30.3 Å². The van der Waals surface area contributed by atoms with Crippen molar-refractivity contribution in [3.05, 3.63) is 41.7 Å². The number of carbonyl (C=O) groups is 1. The lowest BCUT2D eigenvalue weighted by Gasteiger charge is -2.42. The second kappa shape index (κ2) is 6.32. The Morgan fingerprint density at radius 1 is 1.17 bits per heavy atom. The average molecular weight is 331 g/mol. The standard InChI is InChI=1S/C17H22FN5O/c1-11-9-22(10-12(2)21(11)4)17(24)16-19-13(3)23(20-16)15-7-5-14(18)6-8-15/h5-8,11-12H,9-10H2,1-4H3/t11-,12+. The van der Waals surface area contributed by atoms with Crippen molar-refractivity contribution in [2.45, 2.75) is 32.9 Å². The van der Waals surface area contributed by atoms with E-state index in [9.17, 15) is 9.18 Å². The van der Waals surface area contributed by atoms with Crippen LogP contribution in [0.25, 0.3) is 5.69 Å². The monoisotopic (exact) mass is 331 g/mol. The summed E-state index contributed by atoms with van der Waals surface area (Å²) >= 11 is 0. The first kappa shape index (κ1) is 16.6. The van der Waals surface area contributed by atoms with Crippen LogP contribution in [0.3, 0.4) is 0 Å². The first-order chi connectivity index (χ1) is 11.4. The van der Waals surface area contributed by atoms with Crippen LogP contribution in [-0.4, -0.2) is 62.7 Å². The highest BCUT2D eigenvalue weighted by Gasteiger charge is 2.31. The molecule has 2 atom stereocenters. The molecule has 0 unspecified atom stereocenters. The van der Waals surface area contributed by atoms with Crippen LogP contribution in [0.4, 0.5) is 4.39 Å². The van der Waals surface area contributed by atoms with E-state index in [0.717, 1.165) is 0 Å². The SMILES string of the molecule is Cc1nc(C(=O)N2C[C@@H](C)N(C)[C@@H](C)C2)nn1-c1ccc(F)cc1. The summed E-state index contributed by atoms with van der Waals surface area (Å²) in [6.45, 7) is 7.30. The molecular formula is C17H22FN5O. The predicted octanol–water partition coefficient (Wildman–Crippen LogP) is 1.88. The van der Waals surface area contributed by atoms with Gasteiger partial charge in [0.1, 0.15) is 11.6 Å². The summed E-state index contributed by atoms with van der Waals surface area (Å²) in [5.74, 6) is 0.306. The molecule has 1 saturated heterocycles. The van der Waals surface area contributed by atoms with Gasteiger partial charge >= 0.3 is 0 Å². The summed E-state index contributed by atoms with van der Waals surface area (Å²) in [7, 11) is 2.07. The molecule has 1 amide bonds. The quantitative estimate of drug-likeness (QED) is 0.843. The molecule has 6 nitrogen and oxygen atoms in total. The fraction of sp³-hybridized carbons (Fsp3) is 0.471. The number of hydrogen-bond donors (Lipinski definition) is 0. The zero-order valence-electron chi connectivity index (χ0n) is 14.4. The number of aromatic nitrogens is 3. The highest BCUT2D eigenvalue weighted by Crippen LogP contribution is 2.16. The number of benzene rings is 1. The van der Waals surface area contributed by atoms with Crippen molar-refractivity contribution in [2.75, 3.05) is 20.1 Å². The van der Waals surface area contributed by atoms with E-state index in [0.29, 0.717) is 24.6 Å². The van der Waals surface area contributed by atoms with Gasteiger partial charge in [-0.15, -0.1) is 5.10 Å². The Bertz CT molecular complexity index is 730. The van der Waals surface area contributed by atoms with Crippen LogP contribution < -0.4 is 0 Å². The Hall–Kier alpha value is -2.28. The molecular weight excluding hydrogens is 309 g/mol. The van der Waals surface area contributed by atoms with Crippen LogP contribution in [0.5, 0.6) is 0 Å². The third-order valence-corrected chi connectivity index (χ3v) is 4.68. The fourth-order valence-electron chi connectivity index (χ4n) is 3.02. The lowest BCUT2D eigenvalue weighted by Crippen LogP contribution is -2.56. The summed E-state index contributed by atoms with van der Waals surface area (Å²) in [6, 6.07) is 6.54. The molecule has 7 heteroatoms. The van der Waals surface area contributed by atoms with Crippen LogP contribution in [-0.2, 0) is 0 Å². The Kier molecular flexibility index (Phi) is 4.36. The number of likely N-dealkylation sites (N-methyl/N-ethyl adjacent to an activating group) is 1. The Morgan fingerprint density at radius 2 is 1.75 bits per heavy atom. The molecule has 1 aromatic heterocycles. The van der Waals surface area contributed by atoms with Crippen LogP contribution >= 0.6 is 0 Å². The third-order valence-electron chi connectivity index (χ3n) is 4.68. The lowest BCUT2D eigenvalue weighted by atomic mass is 10.1. The number of carbonyl (C=O) groups excluding carboxylic acids is 1. The van der Waals surface area contributed by atoms with Crippen molar-refractivity contribution in [3.8, 4) is 5.69 Å². The molecule has 1 aromatic carbocycles. The number of piperazine rings is 1. The fourth-order valence-corrected chi connectivity index (χ4v) is 3.02. The first-order valence-corrected chi connectivity index (χ1v) is 8.07. The molecule has 0 spiro atoms. The van der Waals surface area contributed by atoms with Gasteiger partial charge in [-0.3, -0.25) is 9.69 Å². The topological polar surface area (TPSA) is 54.3 Å². The molecule has 1 aliphatic heterocycles. The van der Waals surface area contributed by atoms with Gasteiger partial charge in [0.05, 0.1) is 5.69 Å². The molecule has 2 heterocycles. The molecule has 0 N–H and O–H groups in total. The number of hydrogen-bond acceptors (Lipinski definition) is 4. The third kappa shape index (κ3) is 3.03. The number of aryl methyl sites for hydroxylation is 1. The Balaban J connectivity index is 1.84. The number of nitrogens with zero attached hydrogens (tertiary/aromatic N) is 5.